The number of amides is 1. The van der Waals surface area contributed by atoms with Crippen LogP contribution in [0.3, 0.4) is 0 Å². The number of hydroxylamine groups is 1. The highest BCUT2D eigenvalue weighted by atomic mass is 16.5. The summed E-state index contributed by atoms with van der Waals surface area (Å²) in [5, 5.41) is 8.39. The molecule has 5 heteroatoms. The zero-order valence-corrected chi connectivity index (χ0v) is 6.86. The fourth-order valence-corrected chi connectivity index (χ4v) is 0.930. The second kappa shape index (κ2) is 4.44. The summed E-state index contributed by atoms with van der Waals surface area (Å²) in [5.74, 6) is -0.277. The Hall–Kier alpha value is -1.59. The minimum absolute atomic E-state index is 0.0181. The highest BCUT2D eigenvalue weighted by Crippen LogP contribution is 2.16. The van der Waals surface area contributed by atoms with Gasteiger partial charge in [-0.3, -0.25) is 15.7 Å². The van der Waals surface area contributed by atoms with E-state index in [2.05, 4.69) is 0 Å². The molecule has 0 spiro atoms. The quantitative estimate of drug-likeness (QED) is 0.351. The summed E-state index contributed by atoms with van der Waals surface area (Å²) >= 11 is 0. The number of para-hydroxylation sites is 1. The largest absolute Gasteiger partial charge is 0.478 e. The van der Waals surface area contributed by atoms with Gasteiger partial charge in [-0.05, 0) is 12.1 Å². The van der Waals surface area contributed by atoms with Gasteiger partial charge in [-0.15, -0.1) is 0 Å². The van der Waals surface area contributed by atoms with Gasteiger partial charge in [-0.25, -0.2) is 5.48 Å². The lowest BCUT2D eigenvalue weighted by atomic mass is 10.2. The smallest absolute Gasteiger partial charge is 0.278 e. The van der Waals surface area contributed by atoms with Crippen LogP contribution in [0.15, 0.2) is 24.3 Å². The Balaban J connectivity index is 2.97. The highest BCUT2D eigenvalue weighted by molar-refractivity contribution is 5.96. The summed E-state index contributed by atoms with van der Waals surface area (Å²) in [4.78, 5) is 11.0. The van der Waals surface area contributed by atoms with Gasteiger partial charge in [0.25, 0.3) is 5.91 Å². The van der Waals surface area contributed by atoms with Gasteiger partial charge in [-0.1, -0.05) is 12.1 Å². The Morgan fingerprint density at radius 3 is 2.85 bits per heavy atom. The van der Waals surface area contributed by atoms with E-state index < -0.39 is 5.91 Å². The maximum absolute atomic E-state index is 11.0. The average Bonchev–Trinajstić information content (AvgIpc) is 2.18. The molecule has 0 atom stereocenters. The maximum Gasteiger partial charge on any atom is 0.278 e. The van der Waals surface area contributed by atoms with E-state index in [9.17, 15) is 4.79 Å². The van der Waals surface area contributed by atoms with Crippen LogP contribution in [0, 0.1) is 0 Å². The Labute approximate surface area is 75.1 Å². The molecule has 1 aromatic carbocycles. The van der Waals surface area contributed by atoms with Crippen LogP contribution in [0.25, 0.3) is 0 Å². The molecular weight excluding hydrogens is 172 g/mol. The van der Waals surface area contributed by atoms with E-state index in [1.54, 1.807) is 18.2 Å². The number of ether oxygens (including phenoxy) is 1. The van der Waals surface area contributed by atoms with E-state index in [0.29, 0.717) is 5.75 Å². The Morgan fingerprint density at radius 1 is 1.54 bits per heavy atom. The predicted octanol–water partition coefficient (Wildman–Crippen LogP) is 0.101. The molecule has 5 nitrogen and oxygen atoms in total. The maximum atomic E-state index is 11.0. The summed E-state index contributed by atoms with van der Waals surface area (Å²) in [6.45, 7) is -0.0181. The topological polar surface area (TPSA) is 84.6 Å². The predicted molar refractivity (Wildman–Crippen MR) is 45.4 cm³/mol. The minimum atomic E-state index is -0.621. The van der Waals surface area contributed by atoms with Gasteiger partial charge >= 0.3 is 0 Å². The molecule has 0 radical (unpaired) electrons. The number of benzene rings is 1. The van der Waals surface area contributed by atoms with Crippen molar-refractivity contribution in [2.75, 3.05) is 6.73 Å². The third-order valence-corrected chi connectivity index (χ3v) is 1.47. The van der Waals surface area contributed by atoms with E-state index in [-0.39, 0.29) is 12.3 Å². The third kappa shape index (κ3) is 2.17. The molecule has 0 aliphatic rings. The Kier molecular flexibility index (Phi) is 3.24. The van der Waals surface area contributed by atoms with E-state index in [1.165, 1.54) is 11.5 Å². The molecule has 1 amide bonds. The molecular formula is C8H10N2O3. The molecule has 1 aromatic rings. The second-order valence-electron chi connectivity index (χ2n) is 2.25. The fraction of sp³-hybridized carbons (Fsp3) is 0.125. The number of nitrogens with two attached hydrogens (primary N) is 1. The number of nitrogens with one attached hydrogen (secondary N) is 1. The van der Waals surface area contributed by atoms with Crippen molar-refractivity contribution in [1.29, 1.82) is 0 Å². The lowest BCUT2D eigenvalue weighted by Gasteiger charge is -2.07. The van der Waals surface area contributed by atoms with Crippen LogP contribution >= 0.6 is 0 Å². The molecule has 0 aliphatic carbocycles. The molecule has 0 aromatic heterocycles. The zero-order valence-electron chi connectivity index (χ0n) is 6.86. The first kappa shape index (κ1) is 9.50. The molecule has 0 saturated heterocycles. The summed E-state index contributed by atoms with van der Waals surface area (Å²) < 4.78 is 4.97. The van der Waals surface area contributed by atoms with Gasteiger partial charge < -0.3 is 4.74 Å². The summed E-state index contributed by atoms with van der Waals surface area (Å²) in [7, 11) is 0. The van der Waals surface area contributed by atoms with E-state index in [0.717, 1.165) is 0 Å². The van der Waals surface area contributed by atoms with Gasteiger partial charge in [-0.2, -0.15) is 0 Å². The molecule has 0 bridgehead atoms. The molecule has 0 unspecified atom stereocenters. The fourth-order valence-electron chi connectivity index (χ4n) is 0.930. The lowest BCUT2D eigenvalue weighted by molar-refractivity contribution is 0.0702. The van der Waals surface area contributed by atoms with Crippen molar-refractivity contribution < 1.29 is 14.7 Å². The second-order valence-corrected chi connectivity index (χ2v) is 2.25. The minimum Gasteiger partial charge on any atom is -0.478 e. The zero-order chi connectivity index (χ0) is 9.68. The van der Waals surface area contributed by atoms with Gasteiger partial charge in [0, 0.05) is 0 Å². The molecule has 4 N–H and O–H groups in total. The van der Waals surface area contributed by atoms with Crippen molar-refractivity contribution in [3.8, 4) is 5.75 Å². The van der Waals surface area contributed by atoms with Crippen LogP contribution in [-0.4, -0.2) is 17.8 Å². The number of carbonyl (C=O) groups excluding carboxylic acids is 1. The van der Waals surface area contributed by atoms with Crippen molar-refractivity contribution in [3.63, 3.8) is 0 Å². The third-order valence-electron chi connectivity index (χ3n) is 1.47. The number of hydrogen-bond acceptors (Lipinski definition) is 4. The normalized spacial score (nSPS) is 9.38. The molecule has 0 saturated carbocycles. The first-order valence-corrected chi connectivity index (χ1v) is 3.66. The Morgan fingerprint density at radius 2 is 2.23 bits per heavy atom. The van der Waals surface area contributed by atoms with Gasteiger partial charge in [0.1, 0.15) is 12.5 Å². The van der Waals surface area contributed by atoms with E-state index in [4.69, 9.17) is 15.7 Å². The summed E-state index contributed by atoms with van der Waals surface area (Å²) in [5.41, 5.74) is 6.92. The van der Waals surface area contributed by atoms with Crippen LogP contribution in [0.2, 0.25) is 0 Å². The highest BCUT2D eigenvalue weighted by Gasteiger charge is 2.09. The van der Waals surface area contributed by atoms with Crippen LogP contribution in [0.5, 0.6) is 5.75 Å². The first-order chi connectivity index (χ1) is 6.29. The summed E-state index contributed by atoms with van der Waals surface area (Å²) in [6.07, 6.45) is 0. The van der Waals surface area contributed by atoms with Crippen LogP contribution in [-0.2, 0) is 0 Å². The van der Waals surface area contributed by atoms with Crippen molar-refractivity contribution in [3.05, 3.63) is 29.8 Å². The molecule has 70 valence electrons. The van der Waals surface area contributed by atoms with E-state index >= 15 is 0 Å². The van der Waals surface area contributed by atoms with Gasteiger partial charge in [0.2, 0.25) is 0 Å². The van der Waals surface area contributed by atoms with Crippen LogP contribution < -0.4 is 16.0 Å². The lowest BCUT2D eigenvalue weighted by Crippen LogP contribution is -2.20. The SMILES string of the molecule is NCOc1ccccc1C(=O)NO. The molecule has 0 aliphatic heterocycles. The van der Waals surface area contributed by atoms with Crippen molar-refractivity contribution in [1.82, 2.24) is 5.48 Å². The average molecular weight is 182 g/mol. The number of rotatable bonds is 3. The number of hydrogen-bond donors (Lipinski definition) is 3. The van der Waals surface area contributed by atoms with Gasteiger partial charge in [0.15, 0.2) is 0 Å². The van der Waals surface area contributed by atoms with Crippen molar-refractivity contribution in [2.24, 2.45) is 5.73 Å². The van der Waals surface area contributed by atoms with Gasteiger partial charge in [0.05, 0.1) is 5.56 Å². The molecule has 1 rings (SSSR count). The Bertz CT molecular complexity index is 301. The summed E-state index contributed by atoms with van der Waals surface area (Å²) in [6, 6.07) is 6.49. The molecule has 0 heterocycles. The van der Waals surface area contributed by atoms with Crippen molar-refractivity contribution >= 4 is 5.91 Å². The van der Waals surface area contributed by atoms with Crippen LogP contribution in [0.1, 0.15) is 10.4 Å². The monoisotopic (exact) mass is 182 g/mol. The van der Waals surface area contributed by atoms with E-state index in [1.807, 2.05) is 0 Å². The van der Waals surface area contributed by atoms with Crippen LogP contribution in [0.4, 0.5) is 0 Å². The number of carbonyl (C=O) groups is 1. The molecule has 13 heavy (non-hydrogen) atoms. The van der Waals surface area contributed by atoms with Crippen molar-refractivity contribution in [2.45, 2.75) is 0 Å². The first-order valence-electron chi connectivity index (χ1n) is 3.66. The standard InChI is InChI=1S/C8H10N2O3/c9-5-13-7-4-2-1-3-6(7)8(11)10-12/h1-4,12H,5,9H2,(H,10,11). The molecule has 0 fully saturated rings.